The van der Waals surface area contributed by atoms with Gasteiger partial charge in [0.25, 0.3) is 0 Å². The maximum Gasteiger partial charge on any atom is 0.335 e. The van der Waals surface area contributed by atoms with Gasteiger partial charge in [0.2, 0.25) is 0 Å². The Morgan fingerprint density at radius 1 is 1.14 bits per heavy atom. The van der Waals surface area contributed by atoms with Crippen LogP contribution in [0.5, 0.6) is 0 Å². The number of carbonyl (C=O) groups is 1. The van der Waals surface area contributed by atoms with Crippen molar-refractivity contribution < 1.29 is 9.90 Å². The number of likely N-dealkylation sites (N-methyl/N-ethyl adjacent to an activating group) is 1. The van der Waals surface area contributed by atoms with Gasteiger partial charge in [-0.25, -0.2) is 9.78 Å². The molecule has 0 aliphatic rings. The number of anilines is 1. The maximum absolute atomic E-state index is 11.3. The highest BCUT2D eigenvalue weighted by molar-refractivity contribution is 5.88. The van der Waals surface area contributed by atoms with Crippen molar-refractivity contribution in [3.63, 3.8) is 0 Å². The predicted molar refractivity (Wildman–Crippen MR) is 86.2 cm³/mol. The summed E-state index contributed by atoms with van der Waals surface area (Å²) in [6.07, 6.45) is 2.78. The number of rotatable bonds is 9. The van der Waals surface area contributed by atoms with Crippen molar-refractivity contribution in [2.24, 2.45) is 0 Å². The third kappa shape index (κ3) is 5.71. The minimum Gasteiger partial charge on any atom is -0.478 e. The van der Waals surface area contributed by atoms with Crippen molar-refractivity contribution >= 4 is 11.8 Å². The van der Waals surface area contributed by atoms with Gasteiger partial charge in [0.1, 0.15) is 5.82 Å². The molecule has 0 atom stereocenters. The molecule has 0 aliphatic heterocycles. The molecule has 1 heterocycles. The van der Waals surface area contributed by atoms with Crippen molar-refractivity contribution in [1.82, 2.24) is 9.88 Å². The molecule has 0 saturated carbocycles. The van der Waals surface area contributed by atoms with Crippen LogP contribution in [0.2, 0.25) is 0 Å². The van der Waals surface area contributed by atoms with Crippen LogP contribution in [-0.4, -0.2) is 54.7 Å². The lowest BCUT2D eigenvalue weighted by Gasteiger charge is -2.25. The third-order valence-electron chi connectivity index (χ3n) is 3.25. The first kappa shape index (κ1) is 17.4. The van der Waals surface area contributed by atoms with Crippen LogP contribution >= 0.6 is 0 Å². The number of aromatic carboxylic acids is 1. The molecule has 0 fully saturated rings. The Balaban J connectivity index is 3.06. The largest absolute Gasteiger partial charge is 0.478 e. The van der Waals surface area contributed by atoms with E-state index >= 15 is 0 Å². The molecule has 0 aromatic carbocycles. The molecule has 5 heteroatoms. The number of aryl methyl sites for hydroxylation is 1. The fraction of sp³-hybridized carbons (Fsp3) is 0.625. The van der Waals surface area contributed by atoms with Gasteiger partial charge in [-0.2, -0.15) is 0 Å². The molecule has 1 N–H and O–H groups in total. The van der Waals surface area contributed by atoms with E-state index in [4.69, 9.17) is 0 Å². The van der Waals surface area contributed by atoms with Crippen molar-refractivity contribution in [2.45, 2.75) is 33.1 Å². The number of pyridine rings is 1. The Morgan fingerprint density at radius 3 is 2.38 bits per heavy atom. The summed E-state index contributed by atoms with van der Waals surface area (Å²) in [5.74, 6) is -0.109. The van der Waals surface area contributed by atoms with Gasteiger partial charge in [-0.1, -0.05) is 20.3 Å². The molecule has 0 bridgehead atoms. The van der Waals surface area contributed by atoms with E-state index in [-0.39, 0.29) is 0 Å². The fourth-order valence-electron chi connectivity index (χ4n) is 2.17. The lowest BCUT2D eigenvalue weighted by atomic mass is 10.1. The summed E-state index contributed by atoms with van der Waals surface area (Å²) in [6, 6.07) is 3.37. The number of hydrogen-bond donors (Lipinski definition) is 1. The highest BCUT2D eigenvalue weighted by Gasteiger charge is 2.13. The van der Waals surface area contributed by atoms with Crippen molar-refractivity contribution in [3.8, 4) is 0 Å². The molecule has 0 unspecified atom stereocenters. The van der Waals surface area contributed by atoms with Crippen molar-refractivity contribution in [2.75, 3.05) is 38.6 Å². The Kier molecular flexibility index (Phi) is 7.15. The smallest absolute Gasteiger partial charge is 0.335 e. The van der Waals surface area contributed by atoms with Gasteiger partial charge >= 0.3 is 5.97 Å². The van der Waals surface area contributed by atoms with Crippen LogP contribution in [0.4, 0.5) is 5.82 Å². The SMILES string of the molecule is CCCc1cc(C(=O)O)cc(N(CCC)CCN(C)C)n1. The average Bonchev–Trinajstić information content (AvgIpc) is 2.43. The molecular weight excluding hydrogens is 266 g/mol. The normalized spacial score (nSPS) is 10.9. The molecule has 0 amide bonds. The molecule has 1 rings (SSSR count). The quantitative estimate of drug-likeness (QED) is 0.758. The molecule has 0 radical (unpaired) electrons. The summed E-state index contributed by atoms with van der Waals surface area (Å²) < 4.78 is 0. The molecule has 0 saturated heterocycles. The molecule has 0 spiro atoms. The minimum atomic E-state index is -0.889. The molecule has 0 aliphatic carbocycles. The Morgan fingerprint density at radius 2 is 1.86 bits per heavy atom. The molecule has 1 aromatic rings. The van der Waals surface area contributed by atoms with E-state index in [1.165, 1.54) is 0 Å². The lowest BCUT2D eigenvalue weighted by molar-refractivity contribution is 0.0696. The second kappa shape index (κ2) is 8.62. The van der Waals surface area contributed by atoms with Gasteiger partial charge in [-0.15, -0.1) is 0 Å². The fourth-order valence-corrected chi connectivity index (χ4v) is 2.17. The molecule has 118 valence electrons. The molecular formula is C16H27N3O2. The summed E-state index contributed by atoms with van der Waals surface area (Å²) in [5, 5.41) is 9.28. The van der Waals surface area contributed by atoms with Crippen LogP contribution in [0.25, 0.3) is 0 Å². The van der Waals surface area contributed by atoms with Crippen LogP contribution in [0.15, 0.2) is 12.1 Å². The first-order valence-corrected chi connectivity index (χ1v) is 7.61. The topological polar surface area (TPSA) is 56.7 Å². The van der Waals surface area contributed by atoms with E-state index in [2.05, 4.69) is 28.6 Å². The van der Waals surface area contributed by atoms with E-state index in [9.17, 15) is 9.90 Å². The predicted octanol–water partition coefficient (Wildman–Crippen LogP) is 2.51. The van der Waals surface area contributed by atoms with E-state index < -0.39 is 5.97 Å². The van der Waals surface area contributed by atoms with Crippen LogP contribution in [0, 0.1) is 0 Å². The van der Waals surface area contributed by atoms with Crippen molar-refractivity contribution in [3.05, 3.63) is 23.4 Å². The van der Waals surface area contributed by atoms with Crippen LogP contribution in [0.3, 0.4) is 0 Å². The molecule has 21 heavy (non-hydrogen) atoms. The van der Waals surface area contributed by atoms with Gasteiger partial charge in [-0.05, 0) is 39.1 Å². The zero-order valence-electron chi connectivity index (χ0n) is 13.6. The van der Waals surface area contributed by atoms with Crippen LogP contribution in [0.1, 0.15) is 42.7 Å². The van der Waals surface area contributed by atoms with E-state index in [1.807, 2.05) is 14.1 Å². The minimum absolute atomic E-state index is 0.328. The highest BCUT2D eigenvalue weighted by atomic mass is 16.4. The van der Waals surface area contributed by atoms with E-state index in [1.54, 1.807) is 12.1 Å². The zero-order chi connectivity index (χ0) is 15.8. The zero-order valence-corrected chi connectivity index (χ0v) is 13.6. The Labute approximate surface area is 127 Å². The summed E-state index contributed by atoms with van der Waals surface area (Å²) >= 11 is 0. The Bertz CT molecular complexity index is 461. The number of carboxylic acid groups (broad SMARTS) is 1. The van der Waals surface area contributed by atoms with Gasteiger partial charge < -0.3 is 14.9 Å². The van der Waals surface area contributed by atoms with Crippen molar-refractivity contribution in [1.29, 1.82) is 0 Å². The first-order chi connectivity index (χ1) is 9.97. The first-order valence-electron chi connectivity index (χ1n) is 7.61. The highest BCUT2D eigenvalue weighted by Crippen LogP contribution is 2.17. The van der Waals surface area contributed by atoms with E-state index in [0.29, 0.717) is 5.56 Å². The summed E-state index contributed by atoms with van der Waals surface area (Å²) in [6.45, 7) is 6.85. The van der Waals surface area contributed by atoms with Gasteiger partial charge in [0, 0.05) is 25.3 Å². The monoisotopic (exact) mass is 293 g/mol. The molecule has 1 aromatic heterocycles. The number of carboxylic acids is 1. The summed E-state index contributed by atoms with van der Waals surface area (Å²) in [4.78, 5) is 20.2. The lowest BCUT2D eigenvalue weighted by Crippen LogP contribution is -2.33. The third-order valence-corrected chi connectivity index (χ3v) is 3.25. The number of nitrogens with zero attached hydrogens (tertiary/aromatic N) is 3. The van der Waals surface area contributed by atoms with Crippen LogP contribution < -0.4 is 4.90 Å². The second-order valence-corrected chi connectivity index (χ2v) is 5.55. The summed E-state index contributed by atoms with van der Waals surface area (Å²) in [5.41, 5.74) is 1.19. The number of hydrogen-bond acceptors (Lipinski definition) is 4. The van der Waals surface area contributed by atoms with Gasteiger partial charge in [0.15, 0.2) is 0 Å². The summed E-state index contributed by atoms with van der Waals surface area (Å²) in [7, 11) is 4.07. The van der Waals surface area contributed by atoms with Gasteiger partial charge in [0.05, 0.1) is 5.56 Å². The van der Waals surface area contributed by atoms with Crippen LogP contribution in [-0.2, 0) is 6.42 Å². The maximum atomic E-state index is 11.3. The van der Waals surface area contributed by atoms with E-state index in [0.717, 1.165) is 50.4 Å². The average molecular weight is 293 g/mol. The second-order valence-electron chi connectivity index (χ2n) is 5.55. The Hall–Kier alpha value is -1.62. The standard InChI is InChI=1S/C16H27N3O2/c1-5-7-14-11-13(16(20)21)12-15(17-14)19(8-6-2)10-9-18(3)4/h11-12H,5-10H2,1-4H3,(H,20,21). The van der Waals surface area contributed by atoms with Gasteiger partial charge in [-0.3, -0.25) is 0 Å². The molecule has 5 nitrogen and oxygen atoms in total. The number of aromatic nitrogens is 1.